The van der Waals surface area contributed by atoms with E-state index < -0.39 is 17.8 Å². The van der Waals surface area contributed by atoms with Gasteiger partial charge in [-0.2, -0.15) is 13.2 Å². The molecule has 0 spiro atoms. The Morgan fingerprint density at radius 1 is 1.00 bits per heavy atom. The Kier molecular flexibility index (Phi) is 5.59. The van der Waals surface area contributed by atoms with Crippen molar-refractivity contribution in [1.29, 1.82) is 0 Å². The summed E-state index contributed by atoms with van der Waals surface area (Å²) in [6, 6.07) is 19.8. The molecule has 1 amide bonds. The summed E-state index contributed by atoms with van der Waals surface area (Å²) in [5, 5.41) is 9.61. The van der Waals surface area contributed by atoms with Crippen molar-refractivity contribution in [3.63, 3.8) is 0 Å². The van der Waals surface area contributed by atoms with Gasteiger partial charge in [-0.15, -0.1) is 0 Å². The van der Waals surface area contributed by atoms with Crippen LogP contribution in [0.5, 0.6) is 5.75 Å². The van der Waals surface area contributed by atoms with E-state index in [0.717, 1.165) is 23.3 Å². The van der Waals surface area contributed by atoms with Crippen molar-refractivity contribution in [3.05, 3.63) is 89.5 Å². The minimum absolute atomic E-state index is 0.186. The lowest BCUT2D eigenvalue weighted by Crippen LogP contribution is -2.37. The normalized spacial score (nSPS) is 15.3. The van der Waals surface area contributed by atoms with Gasteiger partial charge in [0.05, 0.1) is 12.1 Å². The largest absolute Gasteiger partial charge is 0.487 e. The van der Waals surface area contributed by atoms with E-state index in [1.54, 1.807) is 6.07 Å². The average molecular weight is 427 g/mol. The molecule has 1 N–H and O–H groups in total. The maximum absolute atomic E-state index is 12.9. The molecule has 1 unspecified atom stereocenters. The van der Waals surface area contributed by atoms with Crippen LogP contribution < -0.4 is 4.74 Å². The van der Waals surface area contributed by atoms with Gasteiger partial charge in [0.15, 0.2) is 0 Å². The Morgan fingerprint density at radius 2 is 1.71 bits per heavy atom. The Hall–Kier alpha value is -3.48. The molecular weight excluding hydrogens is 407 g/mol. The number of hydrogen-bond donors (Lipinski definition) is 1. The second-order valence-corrected chi connectivity index (χ2v) is 7.46. The summed E-state index contributed by atoms with van der Waals surface area (Å²) in [4.78, 5) is 13.1. The molecule has 0 saturated heterocycles. The van der Waals surface area contributed by atoms with E-state index in [9.17, 15) is 23.1 Å². The summed E-state index contributed by atoms with van der Waals surface area (Å²) in [5.74, 6) is 0.595. The van der Waals surface area contributed by atoms with Gasteiger partial charge in [-0.1, -0.05) is 60.7 Å². The van der Waals surface area contributed by atoms with Gasteiger partial charge in [0.1, 0.15) is 11.9 Å². The Bertz CT molecular complexity index is 1070. The first-order chi connectivity index (χ1) is 14.8. The molecule has 0 aliphatic carbocycles. The zero-order valence-corrected chi connectivity index (χ0v) is 16.5. The van der Waals surface area contributed by atoms with Crippen molar-refractivity contribution in [2.75, 3.05) is 6.54 Å². The number of alkyl halides is 3. The summed E-state index contributed by atoms with van der Waals surface area (Å²) >= 11 is 0. The van der Waals surface area contributed by atoms with Crippen LogP contribution in [0.1, 0.15) is 16.7 Å². The lowest BCUT2D eigenvalue weighted by atomic mass is 9.99. The third kappa shape index (κ3) is 4.66. The van der Waals surface area contributed by atoms with Gasteiger partial charge >= 0.3 is 12.3 Å². The highest BCUT2D eigenvalue weighted by Gasteiger charge is 2.31. The lowest BCUT2D eigenvalue weighted by Gasteiger charge is -2.23. The maximum atomic E-state index is 12.9. The second-order valence-electron chi connectivity index (χ2n) is 7.46. The van der Waals surface area contributed by atoms with E-state index in [-0.39, 0.29) is 19.2 Å². The monoisotopic (exact) mass is 427 g/mol. The Labute approximate surface area is 177 Å². The predicted octanol–water partition coefficient (Wildman–Crippen LogP) is 5.86. The van der Waals surface area contributed by atoms with Gasteiger partial charge in [-0.25, -0.2) is 4.79 Å². The highest BCUT2D eigenvalue weighted by molar-refractivity contribution is 5.73. The summed E-state index contributed by atoms with van der Waals surface area (Å²) in [5.41, 5.74) is 2.39. The van der Waals surface area contributed by atoms with Crippen LogP contribution in [-0.4, -0.2) is 28.7 Å². The summed E-state index contributed by atoms with van der Waals surface area (Å²) < 4.78 is 44.7. The zero-order valence-electron chi connectivity index (χ0n) is 16.5. The van der Waals surface area contributed by atoms with Crippen molar-refractivity contribution in [3.8, 4) is 16.9 Å². The van der Waals surface area contributed by atoms with Gasteiger partial charge in [0.25, 0.3) is 0 Å². The molecule has 0 radical (unpaired) electrons. The Morgan fingerprint density at radius 3 is 2.35 bits per heavy atom. The molecule has 4 rings (SSSR count). The smallest absolute Gasteiger partial charge is 0.416 e. The SMILES string of the molecule is O=C(O)N(Cc1ccccc1)CC1Cc2cccc(-c3ccc(C(F)(F)F)cc3)c2O1. The number of hydrogen-bond acceptors (Lipinski definition) is 2. The molecule has 3 aromatic carbocycles. The molecule has 1 aliphatic heterocycles. The van der Waals surface area contributed by atoms with E-state index in [1.165, 1.54) is 17.0 Å². The number of fused-ring (bicyclic) bond motifs is 1. The third-order valence-corrected chi connectivity index (χ3v) is 5.26. The number of carboxylic acid groups (broad SMARTS) is 1. The highest BCUT2D eigenvalue weighted by Crippen LogP contribution is 2.40. The van der Waals surface area contributed by atoms with E-state index in [1.807, 2.05) is 42.5 Å². The molecule has 31 heavy (non-hydrogen) atoms. The molecule has 1 atom stereocenters. The van der Waals surface area contributed by atoms with E-state index >= 15 is 0 Å². The number of rotatable bonds is 5. The van der Waals surface area contributed by atoms with Gasteiger partial charge in [-0.3, -0.25) is 0 Å². The molecule has 7 heteroatoms. The molecule has 3 aromatic rings. The van der Waals surface area contributed by atoms with Gasteiger partial charge in [0.2, 0.25) is 0 Å². The second kappa shape index (κ2) is 8.34. The van der Waals surface area contributed by atoms with Crippen LogP contribution in [0.25, 0.3) is 11.1 Å². The molecule has 1 aliphatic rings. The van der Waals surface area contributed by atoms with Gasteiger partial charge in [0, 0.05) is 18.5 Å². The van der Waals surface area contributed by atoms with Crippen molar-refractivity contribution in [2.24, 2.45) is 0 Å². The maximum Gasteiger partial charge on any atom is 0.416 e. The molecule has 0 fully saturated rings. The number of halogens is 3. The molecule has 4 nitrogen and oxygen atoms in total. The van der Waals surface area contributed by atoms with Crippen LogP contribution in [0.15, 0.2) is 72.8 Å². The topological polar surface area (TPSA) is 49.8 Å². The minimum atomic E-state index is -4.39. The van der Waals surface area contributed by atoms with Crippen molar-refractivity contribution < 1.29 is 27.8 Å². The summed E-state index contributed by atoms with van der Waals surface area (Å²) in [6.07, 6.45) is -5.27. The molecule has 1 heterocycles. The van der Waals surface area contributed by atoms with Crippen LogP contribution in [0, 0.1) is 0 Å². The fraction of sp³-hybridized carbons (Fsp3) is 0.208. The van der Waals surface area contributed by atoms with Crippen molar-refractivity contribution in [1.82, 2.24) is 4.90 Å². The number of benzene rings is 3. The van der Waals surface area contributed by atoms with Crippen LogP contribution in [-0.2, 0) is 19.1 Å². The van der Waals surface area contributed by atoms with E-state index in [2.05, 4.69) is 0 Å². The molecule has 160 valence electrons. The lowest BCUT2D eigenvalue weighted by molar-refractivity contribution is -0.137. The molecule has 0 saturated carbocycles. The van der Waals surface area contributed by atoms with Crippen molar-refractivity contribution in [2.45, 2.75) is 25.2 Å². The number of nitrogens with zero attached hydrogens (tertiary/aromatic N) is 1. The van der Waals surface area contributed by atoms with E-state index in [0.29, 0.717) is 23.3 Å². The predicted molar refractivity (Wildman–Crippen MR) is 110 cm³/mol. The minimum Gasteiger partial charge on any atom is -0.487 e. The van der Waals surface area contributed by atoms with Crippen molar-refractivity contribution >= 4 is 6.09 Å². The fourth-order valence-electron chi connectivity index (χ4n) is 3.77. The van der Waals surface area contributed by atoms with Crippen LogP contribution in [0.4, 0.5) is 18.0 Å². The first-order valence-electron chi connectivity index (χ1n) is 9.79. The number of amides is 1. The van der Waals surface area contributed by atoms with E-state index in [4.69, 9.17) is 4.74 Å². The molecule has 0 aromatic heterocycles. The fourth-order valence-corrected chi connectivity index (χ4v) is 3.77. The summed E-state index contributed by atoms with van der Waals surface area (Å²) in [6.45, 7) is 0.434. The third-order valence-electron chi connectivity index (χ3n) is 5.26. The average Bonchev–Trinajstić information content (AvgIpc) is 3.16. The first-order valence-corrected chi connectivity index (χ1v) is 9.79. The number of para-hydroxylation sites is 1. The Balaban J connectivity index is 1.52. The van der Waals surface area contributed by atoms with Gasteiger partial charge < -0.3 is 14.7 Å². The van der Waals surface area contributed by atoms with Gasteiger partial charge in [-0.05, 0) is 28.8 Å². The highest BCUT2D eigenvalue weighted by atomic mass is 19.4. The molecular formula is C24H20F3NO3. The summed E-state index contributed by atoms with van der Waals surface area (Å²) in [7, 11) is 0. The standard InChI is InChI=1S/C24H20F3NO3/c25-24(26,27)19-11-9-17(10-12-19)21-8-4-7-18-13-20(31-22(18)21)15-28(23(29)30)14-16-5-2-1-3-6-16/h1-12,20H,13-15H2,(H,29,30). The zero-order chi connectivity index (χ0) is 22.0. The van der Waals surface area contributed by atoms with Crippen LogP contribution >= 0.6 is 0 Å². The van der Waals surface area contributed by atoms with Crippen LogP contribution in [0.3, 0.4) is 0 Å². The molecule has 0 bridgehead atoms. The number of ether oxygens (including phenoxy) is 1. The quantitative estimate of drug-likeness (QED) is 0.555. The van der Waals surface area contributed by atoms with Crippen LogP contribution in [0.2, 0.25) is 0 Å². The number of carbonyl (C=O) groups is 1. The first kappa shape index (κ1) is 20.8.